The lowest BCUT2D eigenvalue weighted by Crippen LogP contribution is -2.31. The number of benzene rings is 1. The lowest BCUT2D eigenvalue weighted by molar-refractivity contribution is -0.130. The van der Waals surface area contributed by atoms with Crippen LogP contribution in [0.25, 0.3) is 11.6 Å². The van der Waals surface area contributed by atoms with E-state index in [1.54, 1.807) is 30.3 Å². The van der Waals surface area contributed by atoms with Crippen LogP contribution in [0.2, 0.25) is 0 Å². The van der Waals surface area contributed by atoms with Gasteiger partial charge in [-0.1, -0.05) is 22.9 Å². The van der Waals surface area contributed by atoms with E-state index in [-0.39, 0.29) is 5.91 Å². The highest BCUT2D eigenvalue weighted by molar-refractivity contribution is 5.76. The molecule has 0 atom stereocenters. The topological polar surface area (TPSA) is 81.6 Å². The minimum absolute atomic E-state index is 0.00439. The lowest BCUT2D eigenvalue weighted by atomic mass is 10.2. The molecule has 136 valence electrons. The van der Waals surface area contributed by atoms with Crippen molar-refractivity contribution < 1.29 is 18.5 Å². The first kappa shape index (κ1) is 17.7. The molecular weight excluding hydrogens is 334 g/mol. The van der Waals surface area contributed by atoms with E-state index >= 15 is 0 Å². The Morgan fingerprint density at radius 3 is 2.77 bits per heavy atom. The maximum atomic E-state index is 12.2. The number of ether oxygens (including phenoxy) is 1. The van der Waals surface area contributed by atoms with Gasteiger partial charge in [-0.15, -0.1) is 0 Å². The highest BCUT2D eigenvalue weighted by Gasteiger charge is 2.14. The van der Waals surface area contributed by atoms with Crippen LogP contribution in [0, 0.1) is 6.92 Å². The summed E-state index contributed by atoms with van der Waals surface area (Å²) >= 11 is 0. The highest BCUT2D eigenvalue weighted by Crippen LogP contribution is 2.16. The fraction of sp³-hybridized carbons (Fsp3) is 0.316. The highest BCUT2D eigenvalue weighted by atomic mass is 16.5. The average Bonchev–Trinajstić information content (AvgIpc) is 3.32. The third-order valence-electron chi connectivity index (χ3n) is 3.90. The van der Waals surface area contributed by atoms with Crippen molar-refractivity contribution in [3.63, 3.8) is 0 Å². The quantitative estimate of drug-likeness (QED) is 0.617. The molecule has 0 aliphatic carbocycles. The van der Waals surface area contributed by atoms with Gasteiger partial charge in [0.25, 0.3) is 0 Å². The van der Waals surface area contributed by atoms with E-state index in [2.05, 4.69) is 10.1 Å². The van der Waals surface area contributed by atoms with Crippen LogP contribution in [0.15, 0.2) is 51.6 Å². The zero-order valence-electron chi connectivity index (χ0n) is 14.8. The van der Waals surface area contributed by atoms with Gasteiger partial charge >= 0.3 is 0 Å². The van der Waals surface area contributed by atoms with Gasteiger partial charge in [-0.3, -0.25) is 4.79 Å². The Morgan fingerprint density at radius 1 is 1.23 bits per heavy atom. The SMILES string of the molecule is Cc1ccc(OCCN(C)C(=O)CCc2nc(-c3ccco3)no2)cc1. The normalized spacial score (nSPS) is 10.7. The van der Waals surface area contributed by atoms with Crippen molar-refractivity contribution >= 4 is 5.91 Å². The van der Waals surface area contributed by atoms with Crippen molar-refractivity contribution in [2.24, 2.45) is 0 Å². The first-order valence-corrected chi connectivity index (χ1v) is 8.42. The minimum atomic E-state index is -0.00439. The Hall–Kier alpha value is -3.09. The van der Waals surface area contributed by atoms with Crippen molar-refractivity contribution in [1.29, 1.82) is 0 Å². The molecule has 1 aromatic carbocycles. The van der Waals surface area contributed by atoms with Gasteiger partial charge in [0.15, 0.2) is 5.76 Å². The first-order chi connectivity index (χ1) is 12.6. The number of hydrogen-bond donors (Lipinski definition) is 0. The van der Waals surface area contributed by atoms with Gasteiger partial charge in [0.05, 0.1) is 12.8 Å². The van der Waals surface area contributed by atoms with Crippen LogP contribution in [-0.4, -0.2) is 41.1 Å². The van der Waals surface area contributed by atoms with Crippen LogP contribution in [0.1, 0.15) is 17.9 Å². The second-order valence-electron chi connectivity index (χ2n) is 5.97. The number of carbonyl (C=O) groups excluding carboxylic acids is 1. The van der Waals surface area contributed by atoms with Crippen molar-refractivity contribution in [1.82, 2.24) is 15.0 Å². The van der Waals surface area contributed by atoms with E-state index in [1.165, 1.54) is 5.56 Å². The van der Waals surface area contributed by atoms with Crippen LogP contribution in [-0.2, 0) is 11.2 Å². The minimum Gasteiger partial charge on any atom is -0.492 e. The second kappa shape index (κ2) is 8.33. The van der Waals surface area contributed by atoms with Gasteiger partial charge in [-0.05, 0) is 31.2 Å². The van der Waals surface area contributed by atoms with Gasteiger partial charge in [0, 0.05) is 19.9 Å². The summed E-state index contributed by atoms with van der Waals surface area (Å²) in [5.41, 5.74) is 1.18. The van der Waals surface area contributed by atoms with Crippen LogP contribution in [0.5, 0.6) is 5.75 Å². The fourth-order valence-corrected chi connectivity index (χ4v) is 2.33. The molecule has 7 heteroatoms. The van der Waals surface area contributed by atoms with Gasteiger partial charge in [-0.25, -0.2) is 0 Å². The molecule has 26 heavy (non-hydrogen) atoms. The van der Waals surface area contributed by atoms with E-state index in [1.807, 2.05) is 31.2 Å². The van der Waals surface area contributed by atoms with E-state index in [9.17, 15) is 4.79 Å². The largest absolute Gasteiger partial charge is 0.492 e. The summed E-state index contributed by atoms with van der Waals surface area (Å²) in [5, 5.41) is 3.85. The number of furan rings is 1. The molecule has 0 radical (unpaired) electrons. The fourth-order valence-electron chi connectivity index (χ4n) is 2.33. The predicted octanol–water partition coefficient (Wildman–Crippen LogP) is 3.11. The molecule has 2 heterocycles. The number of hydrogen-bond acceptors (Lipinski definition) is 6. The molecule has 0 bridgehead atoms. The molecule has 0 spiro atoms. The van der Waals surface area contributed by atoms with Crippen LogP contribution in [0.4, 0.5) is 0 Å². The number of likely N-dealkylation sites (N-methyl/N-ethyl adjacent to an activating group) is 1. The van der Waals surface area contributed by atoms with E-state index in [4.69, 9.17) is 13.7 Å². The molecule has 2 aromatic heterocycles. The summed E-state index contributed by atoms with van der Waals surface area (Å²) in [4.78, 5) is 18.1. The van der Waals surface area contributed by atoms with Crippen molar-refractivity contribution in [3.05, 3.63) is 54.1 Å². The maximum absolute atomic E-state index is 12.2. The van der Waals surface area contributed by atoms with Crippen molar-refractivity contribution in [2.45, 2.75) is 19.8 Å². The number of carbonyl (C=O) groups is 1. The summed E-state index contributed by atoms with van der Waals surface area (Å²) in [6.45, 7) is 2.97. The molecule has 3 aromatic rings. The van der Waals surface area contributed by atoms with Crippen LogP contribution in [0.3, 0.4) is 0 Å². The second-order valence-corrected chi connectivity index (χ2v) is 5.97. The molecule has 7 nitrogen and oxygen atoms in total. The molecular formula is C19H21N3O4. The standard InChI is InChI=1S/C19H21N3O4/c1-14-5-7-15(8-6-14)24-13-11-22(2)18(23)10-9-17-20-19(21-26-17)16-4-3-12-25-16/h3-8,12H,9-11,13H2,1-2H3. The summed E-state index contributed by atoms with van der Waals surface area (Å²) < 4.78 is 16.0. The van der Waals surface area contributed by atoms with Gasteiger partial charge in [0.2, 0.25) is 17.6 Å². The molecule has 0 unspecified atom stereocenters. The molecule has 3 rings (SSSR count). The summed E-state index contributed by atoms with van der Waals surface area (Å²) in [6, 6.07) is 11.3. The Labute approximate surface area is 151 Å². The molecule has 0 saturated heterocycles. The van der Waals surface area contributed by atoms with Gasteiger partial charge < -0.3 is 18.6 Å². The Morgan fingerprint density at radius 2 is 2.04 bits per heavy atom. The van der Waals surface area contributed by atoms with E-state index in [0.717, 1.165) is 5.75 Å². The van der Waals surface area contributed by atoms with Gasteiger partial charge in [-0.2, -0.15) is 4.98 Å². The summed E-state index contributed by atoms with van der Waals surface area (Å²) in [5.74, 6) is 2.13. The molecule has 1 amide bonds. The van der Waals surface area contributed by atoms with Crippen LogP contribution < -0.4 is 4.74 Å². The number of amides is 1. The third-order valence-corrected chi connectivity index (χ3v) is 3.90. The third kappa shape index (κ3) is 4.72. The Balaban J connectivity index is 1.40. The predicted molar refractivity (Wildman–Crippen MR) is 94.6 cm³/mol. The molecule has 0 fully saturated rings. The number of aryl methyl sites for hydroxylation is 2. The smallest absolute Gasteiger partial charge is 0.238 e. The van der Waals surface area contributed by atoms with Crippen molar-refractivity contribution in [2.75, 3.05) is 20.2 Å². The molecule has 0 N–H and O–H groups in total. The molecule has 0 saturated carbocycles. The van der Waals surface area contributed by atoms with Crippen molar-refractivity contribution in [3.8, 4) is 17.3 Å². The van der Waals surface area contributed by atoms with E-state index < -0.39 is 0 Å². The lowest BCUT2D eigenvalue weighted by Gasteiger charge is -2.17. The maximum Gasteiger partial charge on any atom is 0.238 e. The summed E-state index contributed by atoms with van der Waals surface area (Å²) in [7, 11) is 1.75. The first-order valence-electron chi connectivity index (χ1n) is 8.42. The average molecular weight is 355 g/mol. The number of aromatic nitrogens is 2. The summed E-state index contributed by atoms with van der Waals surface area (Å²) in [6.07, 6.45) is 2.22. The Bertz CT molecular complexity index is 825. The zero-order chi connectivity index (χ0) is 18.4. The van der Waals surface area contributed by atoms with Gasteiger partial charge in [0.1, 0.15) is 12.4 Å². The monoisotopic (exact) mass is 355 g/mol. The van der Waals surface area contributed by atoms with Crippen LogP contribution >= 0.6 is 0 Å². The zero-order valence-corrected chi connectivity index (χ0v) is 14.8. The van der Waals surface area contributed by atoms with E-state index in [0.29, 0.717) is 43.5 Å². The number of rotatable bonds is 8. The Kier molecular flexibility index (Phi) is 5.68. The molecule has 0 aliphatic heterocycles. The number of nitrogens with zero attached hydrogens (tertiary/aromatic N) is 3. The molecule has 0 aliphatic rings.